The molecule has 1 aliphatic heterocycles. The number of hydrogen-bond acceptors (Lipinski definition) is 3. The first-order valence-electron chi connectivity index (χ1n) is 6.87. The molecule has 0 atom stereocenters. The normalized spacial score (nSPS) is 12.6. The number of nitrogens with one attached hydrogen (secondary N) is 2. The van der Waals surface area contributed by atoms with Gasteiger partial charge < -0.3 is 10.6 Å². The highest BCUT2D eigenvalue weighted by molar-refractivity contribution is 5.95. The maximum atomic E-state index is 12.1. The van der Waals surface area contributed by atoms with Gasteiger partial charge in [-0.3, -0.25) is 9.78 Å². The van der Waals surface area contributed by atoms with Gasteiger partial charge in [0.25, 0.3) is 5.91 Å². The molecule has 2 heterocycles. The highest BCUT2D eigenvalue weighted by Gasteiger charge is 2.13. The van der Waals surface area contributed by atoms with E-state index in [0.29, 0.717) is 6.54 Å². The van der Waals surface area contributed by atoms with Crippen molar-refractivity contribution >= 4 is 11.6 Å². The van der Waals surface area contributed by atoms with Gasteiger partial charge in [0.15, 0.2) is 0 Å². The van der Waals surface area contributed by atoms with Gasteiger partial charge in [0.2, 0.25) is 0 Å². The van der Waals surface area contributed by atoms with Crippen LogP contribution in [-0.2, 0) is 12.8 Å². The monoisotopic (exact) mass is 267 g/mol. The van der Waals surface area contributed by atoms with Crippen LogP contribution in [0.5, 0.6) is 0 Å². The number of aromatic nitrogens is 1. The molecule has 1 aliphatic rings. The molecule has 0 bridgehead atoms. The number of carbonyl (C=O) groups is 1. The molecular formula is C16H17N3O. The summed E-state index contributed by atoms with van der Waals surface area (Å²) in [7, 11) is 0. The second kappa shape index (κ2) is 5.74. The third kappa shape index (κ3) is 2.79. The second-order valence-corrected chi connectivity index (χ2v) is 4.92. The van der Waals surface area contributed by atoms with Crippen LogP contribution in [0.25, 0.3) is 0 Å². The summed E-state index contributed by atoms with van der Waals surface area (Å²) in [5.74, 6) is -0.0106. The van der Waals surface area contributed by atoms with Gasteiger partial charge in [-0.15, -0.1) is 0 Å². The lowest BCUT2D eigenvalue weighted by Crippen LogP contribution is -2.25. The van der Waals surface area contributed by atoms with Gasteiger partial charge in [0.05, 0.1) is 0 Å². The van der Waals surface area contributed by atoms with E-state index in [2.05, 4.69) is 15.6 Å². The van der Waals surface area contributed by atoms with E-state index in [1.54, 1.807) is 6.20 Å². The third-order valence-corrected chi connectivity index (χ3v) is 3.50. The van der Waals surface area contributed by atoms with Gasteiger partial charge in [-0.05, 0) is 48.2 Å². The summed E-state index contributed by atoms with van der Waals surface area (Å²) < 4.78 is 0. The van der Waals surface area contributed by atoms with E-state index in [1.165, 1.54) is 5.56 Å². The number of nitrogens with zero attached hydrogens (tertiary/aromatic N) is 1. The number of rotatable bonds is 4. The molecule has 2 aromatic rings. The van der Waals surface area contributed by atoms with Crippen molar-refractivity contribution in [2.75, 3.05) is 18.4 Å². The smallest absolute Gasteiger partial charge is 0.251 e. The molecule has 0 unspecified atom stereocenters. The lowest BCUT2D eigenvalue weighted by atomic mass is 10.1. The highest BCUT2D eigenvalue weighted by atomic mass is 16.1. The summed E-state index contributed by atoms with van der Waals surface area (Å²) in [5, 5.41) is 6.24. The molecule has 102 valence electrons. The Morgan fingerprint density at radius 1 is 1.35 bits per heavy atom. The van der Waals surface area contributed by atoms with Gasteiger partial charge in [-0.2, -0.15) is 0 Å². The number of benzene rings is 1. The molecule has 4 nitrogen and oxygen atoms in total. The molecule has 0 aliphatic carbocycles. The molecule has 1 aromatic heterocycles. The number of amides is 1. The molecule has 20 heavy (non-hydrogen) atoms. The maximum Gasteiger partial charge on any atom is 0.251 e. The first-order valence-corrected chi connectivity index (χ1v) is 6.87. The lowest BCUT2D eigenvalue weighted by molar-refractivity contribution is 0.0954. The molecule has 0 saturated heterocycles. The minimum absolute atomic E-state index is 0.0106. The quantitative estimate of drug-likeness (QED) is 0.891. The van der Waals surface area contributed by atoms with Crippen LogP contribution in [0.2, 0.25) is 0 Å². The molecule has 0 saturated carbocycles. The molecule has 0 radical (unpaired) electrons. The Morgan fingerprint density at radius 2 is 2.30 bits per heavy atom. The number of anilines is 1. The van der Waals surface area contributed by atoms with Crippen LogP contribution >= 0.6 is 0 Å². The predicted octanol–water partition coefficient (Wildman–Crippen LogP) is 2.02. The number of fused-ring (bicyclic) bond motifs is 1. The molecule has 0 fully saturated rings. The number of hydrogen-bond donors (Lipinski definition) is 2. The van der Waals surface area contributed by atoms with Crippen LogP contribution in [0.3, 0.4) is 0 Å². The van der Waals surface area contributed by atoms with Crippen molar-refractivity contribution in [2.45, 2.75) is 12.8 Å². The van der Waals surface area contributed by atoms with Crippen LogP contribution in [0, 0.1) is 0 Å². The fraction of sp³-hybridized carbons (Fsp3) is 0.250. The molecule has 1 amide bonds. The number of carbonyl (C=O) groups excluding carboxylic acids is 1. The summed E-state index contributed by atoms with van der Waals surface area (Å²) in [6, 6.07) is 9.76. The summed E-state index contributed by atoms with van der Waals surface area (Å²) in [5.41, 5.74) is 4.24. The maximum absolute atomic E-state index is 12.1. The van der Waals surface area contributed by atoms with Crippen molar-refractivity contribution in [1.82, 2.24) is 10.3 Å². The van der Waals surface area contributed by atoms with E-state index < -0.39 is 0 Å². The second-order valence-electron chi connectivity index (χ2n) is 4.92. The zero-order valence-electron chi connectivity index (χ0n) is 11.2. The molecule has 2 N–H and O–H groups in total. The van der Waals surface area contributed by atoms with E-state index in [4.69, 9.17) is 0 Å². The summed E-state index contributed by atoms with van der Waals surface area (Å²) in [6.07, 6.45) is 5.37. The fourth-order valence-corrected chi connectivity index (χ4v) is 2.41. The molecule has 1 aromatic carbocycles. The average molecular weight is 267 g/mol. The van der Waals surface area contributed by atoms with E-state index >= 15 is 0 Å². The van der Waals surface area contributed by atoms with E-state index in [-0.39, 0.29) is 5.91 Å². The third-order valence-electron chi connectivity index (χ3n) is 3.50. The van der Waals surface area contributed by atoms with Crippen molar-refractivity contribution in [3.8, 4) is 0 Å². The van der Waals surface area contributed by atoms with Gasteiger partial charge in [0, 0.05) is 36.7 Å². The van der Waals surface area contributed by atoms with Gasteiger partial charge in [-0.1, -0.05) is 6.07 Å². The molecule has 3 rings (SSSR count). The minimum atomic E-state index is -0.0106. The summed E-state index contributed by atoms with van der Waals surface area (Å²) in [4.78, 5) is 16.1. The Morgan fingerprint density at radius 3 is 3.15 bits per heavy atom. The van der Waals surface area contributed by atoms with Crippen molar-refractivity contribution in [3.63, 3.8) is 0 Å². The zero-order chi connectivity index (χ0) is 13.8. The zero-order valence-corrected chi connectivity index (χ0v) is 11.2. The Bertz CT molecular complexity index is 610. The van der Waals surface area contributed by atoms with Crippen molar-refractivity contribution in [2.24, 2.45) is 0 Å². The summed E-state index contributed by atoms with van der Waals surface area (Å²) in [6.45, 7) is 1.58. The largest absolute Gasteiger partial charge is 0.384 e. The first-order chi connectivity index (χ1) is 9.83. The van der Waals surface area contributed by atoms with Crippen LogP contribution in [-0.4, -0.2) is 24.0 Å². The molecular weight excluding hydrogens is 250 g/mol. The van der Waals surface area contributed by atoms with E-state index in [9.17, 15) is 4.79 Å². The first kappa shape index (κ1) is 12.7. The molecule has 0 spiro atoms. The van der Waals surface area contributed by atoms with Crippen LogP contribution in [0.1, 0.15) is 21.5 Å². The van der Waals surface area contributed by atoms with Crippen LogP contribution in [0.4, 0.5) is 5.69 Å². The number of pyridine rings is 1. The van der Waals surface area contributed by atoms with Crippen molar-refractivity contribution in [1.29, 1.82) is 0 Å². The fourth-order valence-electron chi connectivity index (χ4n) is 2.41. The Hall–Kier alpha value is -2.36. The highest BCUT2D eigenvalue weighted by Crippen LogP contribution is 2.22. The molecule has 4 heteroatoms. The lowest BCUT2D eigenvalue weighted by Gasteiger charge is -2.07. The van der Waals surface area contributed by atoms with Gasteiger partial charge >= 0.3 is 0 Å². The predicted molar refractivity (Wildman–Crippen MR) is 78.9 cm³/mol. The Kier molecular flexibility index (Phi) is 3.63. The van der Waals surface area contributed by atoms with Crippen molar-refractivity contribution in [3.05, 3.63) is 59.4 Å². The minimum Gasteiger partial charge on any atom is -0.384 e. The standard InChI is InChI=1S/C16H17N3O/c20-16(19-8-5-12-2-1-7-17-11-12)14-3-4-15-13(10-14)6-9-18-15/h1-4,7,10-11,18H,5-6,8-9H2,(H,19,20). The van der Waals surface area contributed by atoms with E-state index in [0.717, 1.165) is 36.2 Å². The topological polar surface area (TPSA) is 54.0 Å². The van der Waals surface area contributed by atoms with Crippen molar-refractivity contribution < 1.29 is 4.79 Å². The Balaban J connectivity index is 1.57. The SMILES string of the molecule is O=C(NCCc1cccnc1)c1ccc2c(c1)CCN2. The van der Waals surface area contributed by atoms with Gasteiger partial charge in [-0.25, -0.2) is 0 Å². The van der Waals surface area contributed by atoms with Gasteiger partial charge in [0.1, 0.15) is 0 Å². The average Bonchev–Trinajstić information content (AvgIpc) is 2.95. The Labute approximate surface area is 118 Å². The van der Waals surface area contributed by atoms with E-state index in [1.807, 2.05) is 36.5 Å². The summed E-state index contributed by atoms with van der Waals surface area (Å²) >= 11 is 0. The van der Waals surface area contributed by atoms with Crippen LogP contribution in [0.15, 0.2) is 42.7 Å². The van der Waals surface area contributed by atoms with Crippen LogP contribution < -0.4 is 10.6 Å².